The highest BCUT2D eigenvalue weighted by Gasteiger charge is 2.44. The minimum Gasteiger partial charge on any atom is -0.339 e. The zero-order valence-electron chi connectivity index (χ0n) is 12.4. The molecule has 108 valence electrons. The van der Waals surface area contributed by atoms with Crippen LogP contribution < -0.4 is 5.32 Å². The molecular formula is C17H24N2O. The van der Waals surface area contributed by atoms with E-state index in [1.54, 1.807) is 0 Å². The number of hydrogen-bond donors (Lipinski definition) is 1. The summed E-state index contributed by atoms with van der Waals surface area (Å²) in [6.07, 6.45) is 1.62. The van der Waals surface area contributed by atoms with Crippen LogP contribution in [0.2, 0.25) is 0 Å². The zero-order valence-corrected chi connectivity index (χ0v) is 12.4. The zero-order chi connectivity index (χ0) is 14.1. The number of carbonyl (C=O) groups excluding carboxylic acids is 1. The number of carbonyl (C=O) groups is 1. The van der Waals surface area contributed by atoms with Crippen molar-refractivity contribution >= 4 is 5.91 Å². The Morgan fingerprint density at radius 1 is 1.35 bits per heavy atom. The molecule has 3 nitrogen and oxygen atoms in total. The minimum absolute atomic E-state index is 0.306. The van der Waals surface area contributed by atoms with Crippen LogP contribution in [0, 0.1) is 18.8 Å². The standard InChI is InChI=1S/C17H24N2O/c1-3-16-15-10-18-9-14(15)11-19(16)17(20)8-13-7-5-4-6-12(13)2/h4-7,14-16,18H,3,8-11H2,1-2H3. The summed E-state index contributed by atoms with van der Waals surface area (Å²) in [7, 11) is 0. The topological polar surface area (TPSA) is 32.3 Å². The third kappa shape index (κ3) is 2.35. The number of benzene rings is 1. The lowest BCUT2D eigenvalue weighted by Gasteiger charge is -2.27. The molecule has 2 fully saturated rings. The molecule has 0 spiro atoms. The van der Waals surface area contributed by atoms with Crippen molar-refractivity contribution < 1.29 is 4.79 Å². The molecule has 1 N–H and O–H groups in total. The van der Waals surface area contributed by atoms with Gasteiger partial charge in [-0.3, -0.25) is 4.79 Å². The van der Waals surface area contributed by atoms with Crippen LogP contribution in [0.5, 0.6) is 0 Å². The number of aryl methyl sites for hydroxylation is 1. The summed E-state index contributed by atoms with van der Waals surface area (Å²) >= 11 is 0. The molecule has 0 aliphatic carbocycles. The maximum atomic E-state index is 12.7. The van der Waals surface area contributed by atoms with Crippen molar-refractivity contribution in [2.75, 3.05) is 19.6 Å². The van der Waals surface area contributed by atoms with E-state index in [1.807, 2.05) is 12.1 Å². The third-order valence-corrected chi connectivity index (χ3v) is 5.06. The molecule has 0 radical (unpaired) electrons. The van der Waals surface area contributed by atoms with E-state index in [9.17, 15) is 4.79 Å². The van der Waals surface area contributed by atoms with Gasteiger partial charge in [-0.05, 0) is 36.3 Å². The summed E-state index contributed by atoms with van der Waals surface area (Å²) in [5.41, 5.74) is 2.39. The van der Waals surface area contributed by atoms with E-state index in [0.717, 1.165) is 26.1 Å². The highest BCUT2D eigenvalue weighted by molar-refractivity contribution is 5.80. The van der Waals surface area contributed by atoms with Gasteiger partial charge in [0.2, 0.25) is 5.91 Å². The molecule has 3 unspecified atom stereocenters. The van der Waals surface area contributed by atoms with Gasteiger partial charge < -0.3 is 10.2 Å². The van der Waals surface area contributed by atoms with Gasteiger partial charge in [-0.15, -0.1) is 0 Å². The van der Waals surface area contributed by atoms with Gasteiger partial charge in [-0.2, -0.15) is 0 Å². The fourth-order valence-electron chi connectivity index (χ4n) is 3.91. The molecule has 0 bridgehead atoms. The first-order chi connectivity index (χ1) is 9.70. The molecule has 0 saturated carbocycles. The normalized spacial score (nSPS) is 28.7. The van der Waals surface area contributed by atoms with Crippen LogP contribution in [-0.4, -0.2) is 36.5 Å². The maximum Gasteiger partial charge on any atom is 0.227 e. The van der Waals surface area contributed by atoms with Crippen molar-refractivity contribution in [1.82, 2.24) is 10.2 Å². The second-order valence-corrected chi connectivity index (χ2v) is 6.21. The average molecular weight is 272 g/mol. The average Bonchev–Trinajstić information content (AvgIpc) is 3.01. The van der Waals surface area contributed by atoms with Crippen LogP contribution in [0.4, 0.5) is 0 Å². The Kier molecular flexibility index (Phi) is 3.79. The fourth-order valence-corrected chi connectivity index (χ4v) is 3.91. The predicted octanol–water partition coefficient (Wildman–Crippen LogP) is 1.99. The quantitative estimate of drug-likeness (QED) is 0.912. The number of rotatable bonds is 3. The number of amides is 1. The van der Waals surface area contributed by atoms with Crippen molar-refractivity contribution in [3.05, 3.63) is 35.4 Å². The lowest BCUT2D eigenvalue weighted by molar-refractivity contribution is -0.131. The number of nitrogens with one attached hydrogen (secondary N) is 1. The first kappa shape index (κ1) is 13.6. The predicted molar refractivity (Wildman–Crippen MR) is 80.5 cm³/mol. The van der Waals surface area contributed by atoms with Crippen molar-refractivity contribution in [2.45, 2.75) is 32.7 Å². The Morgan fingerprint density at radius 2 is 2.15 bits per heavy atom. The van der Waals surface area contributed by atoms with Crippen LogP contribution in [0.25, 0.3) is 0 Å². The molecule has 1 amide bonds. The molecule has 3 atom stereocenters. The molecule has 20 heavy (non-hydrogen) atoms. The Morgan fingerprint density at radius 3 is 2.90 bits per heavy atom. The molecule has 2 aliphatic rings. The molecule has 2 aliphatic heterocycles. The lowest BCUT2D eigenvalue weighted by atomic mass is 9.93. The Labute approximate surface area is 121 Å². The van der Waals surface area contributed by atoms with Crippen molar-refractivity contribution in [1.29, 1.82) is 0 Å². The summed E-state index contributed by atoms with van der Waals surface area (Å²) in [6, 6.07) is 8.65. The van der Waals surface area contributed by atoms with E-state index in [0.29, 0.717) is 30.2 Å². The number of likely N-dealkylation sites (tertiary alicyclic amines) is 1. The molecule has 3 heteroatoms. The van der Waals surface area contributed by atoms with Gasteiger partial charge in [-0.1, -0.05) is 31.2 Å². The molecule has 0 aromatic heterocycles. The summed E-state index contributed by atoms with van der Waals surface area (Å²) in [5.74, 6) is 1.64. The van der Waals surface area contributed by atoms with Crippen molar-refractivity contribution in [2.24, 2.45) is 11.8 Å². The summed E-state index contributed by atoms with van der Waals surface area (Å²) in [6.45, 7) is 7.40. The second-order valence-electron chi connectivity index (χ2n) is 6.21. The van der Waals surface area contributed by atoms with Gasteiger partial charge in [0.05, 0.1) is 6.42 Å². The highest BCUT2D eigenvalue weighted by atomic mass is 16.2. The Bertz CT molecular complexity index is 500. The van der Waals surface area contributed by atoms with Crippen molar-refractivity contribution in [3.8, 4) is 0 Å². The van der Waals surface area contributed by atoms with Crippen LogP contribution in [-0.2, 0) is 11.2 Å². The van der Waals surface area contributed by atoms with Gasteiger partial charge in [0.1, 0.15) is 0 Å². The molecule has 1 aromatic rings. The summed E-state index contributed by atoms with van der Waals surface area (Å²) < 4.78 is 0. The monoisotopic (exact) mass is 272 g/mol. The van der Waals surface area contributed by atoms with Gasteiger partial charge in [0.15, 0.2) is 0 Å². The maximum absolute atomic E-state index is 12.7. The Hall–Kier alpha value is -1.35. The van der Waals surface area contributed by atoms with E-state index >= 15 is 0 Å². The van der Waals surface area contributed by atoms with Gasteiger partial charge >= 0.3 is 0 Å². The fraction of sp³-hybridized carbons (Fsp3) is 0.588. The van der Waals surface area contributed by atoms with Crippen LogP contribution in [0.15, 0.2) is 24.3 Å². The lowest BCUT2D eigenvalue weighted by Crippen LogP contribution is -2.40. The Balaban J connectivity index is 1.73. The first-order valence-corrected chi connectivity index (χ1v) is 7.75. The SMILES string of the molecule is CCC1C2CNCC2CN1C(=O)Cc1ccccc1C. The third-order valence-electron chi connectivity index (χ3n) is 5.06. The number of fused-ring (bicyclic) bond motifs is 1. The summed E-state index contributed by atoms with van der Waals surface area (Å²) in [4.78, 5) is 14.8. The molecule has 1 aromatic carbocycles. The van der Waals surface area contributed by atoms with E-state index < -0.39 is 0 Å². The molecule has 2 heterocycles. The van der Waals surface area contributed by atoms with Gasteiger partial charge in [0.25, 0.3) is 0 Å². The first-order valence-electron chi connectivity index (χ1n) is 7.75. The molecule has 2 saturated heterocycles. The largest absolute Gasteiger partial charge is 0.339 e. The molecular weight excluding hydrogens is 248 g/mol. The van der Waals surface area contributed by atoms with Crippen LogP contribution >= 0.6 is 0 Å². The summed E-state index contributed by atoms with van der Waals surface area (Å²) in [5, 5.41) is 3.47. The number of nitrogens with zero attached hydrogens (tertiary/aromatic N) is 1. The second kappa shape index (κ2) is 5.57. The van der Waals surface area contributed by atoms with E-state index in [-0.39, 0.29) is 0 Å². The smallest absolute Gasteiger partial charge is 0.227 e. The van der Waals surface area contributed by atoms with Crippen molar-refractivity contribution in [3.63, 3.8) is 0 Å². The van der Waals surface area contributed by atoms with Crippen LogP contribution in [0.1, 0.15) is 24.5 Å². The minimum atomic E-state index is 0.306. The van der Waals surface area contributed by atoms with Gasteiger partial charge in [-0.25, -0.2) is 0 Å². The van der Waals surface area contributed by atoms with Crippen LogP contribution in [0.3, 0.4) is 0 Å². The van der Waals surface area contributed by atoms with Gasteiger partial charge in [0, 0.05) is 25.7 Å². The van der Waals surface area contributed by atoms with E-state index in [1.165, 1.54) is 11.1 Å². The van der Waals surface area contributed by atoms with E-state index in [2.05, 4.69) is 36.2 Å². The van der Waals surface area contributed by atoms with E-state index in [4.69, 9.17) is 0 Å². The molecule has 3 rings (SSSR count). The number of hydrogen-bond acceptors (Lipinski definition) is 2. The highest BCUT2D eigenvalue weighted by Crippen LogP contribution is 2.34.